The molecule has 0 unspecified atom stereocenters. The van der Waals surface area contributed by atoms with E-state index >= 15 is 0 Å². The second-order valence-electron chi connectivity index (χ2n) is 6.33. The smallest absolute Gasteiger partial charge is 0.229 e. The van der Waals surface area contributed by atoms with Gasteiger partial charge in [-0.05, 0) is 49.9 Å². The molecule has 128 valence electrons. The molecule has 0 aliphatic heterocycles. The number of hydrogen-bond acceptors (Lipinski definition) is 4. The molecule has 0 aliphatic rings. The number of anilines is 3. The molecular weight excluding hydrogens is 308 g/mol. The topological polar surface area (TPSA) is 49.8 Å². The van der Waals surface area contributed by atoms with Crippen molar-refractivity contribution in [1.29, 1.82) is 0 Å². The number of hydrogen-bond donors (Lipinski definition) is 2. The van der Waals surface area contributed by atoms with Crippen molar-refractivity contribution in [1.82, 2.24) is 9.97 Å². The Bertz CT molecular complexity index is 821. The standard InChI is InChI=1S/C21H24N4/c1-15-13-16(2)20(17(3)14-15)25-21-23-12-10-19(24-21)22-11-9-18-7-5-4-6-8-18/h4-8,10,12-14H,9,11H2,1-3H3,(H2,22,23,24,25). The first-order chi connectivity index (χ1) is 12.1. The maximum absolute atomic E-state index is 4.57. The predicted octanol–water partition coefficient (Wildman–Crippen LogP) is 4.80. The fourth-order valence-electron chi connectivity index (χ4n) is 2.99. The van der Waals surface area contributed by atoms with Gasteiger partial charge in [0.15, 0.2) is 0 Å². The lowest BCUT2D eigenvalue weighted by atomic mass is 10.1. The van der Waals surface area contributed by atoms with E-state index in [-0.39, 0.29) is 0 Å². The number of nitrogens with zero attached hydrogens (tertiary/aromatic N) is 2. The summed E-state index contributed by atoms with van der Waals surface area (Å²) in [7, 11) is 0. The molecule has 25 heavy (non-hydrogen) atoms. The van der Waals surface area contributed by atoms with E-state index in [4.69, 9.17) is 0 Å². The van der Waals surface area contributed by atoms with Gasteiger partial charge in [0.05, 0.1) is 0 Å². The van der Waals surface area contributed by atoms with Gasteiger partial charge in [-0.25, -0.2) is 4.98 Å². The highest BCUT2D eigenvalue weighted by molar-refractivity contribution is 5.64. The van der Waals surface area contributed by atoms with Crippen molar-refractivity contribution >= 4 is 17.5 Å². The molecule has 1 aromatic heterocycles. The zero-order chi connectivity index (χ0) is 17.6. The second kappa shape index (κ2) is 7.79. The van der Waals surface area contributed by atoms with Crippen LogP contribution < -0.4 is 10.6 Å². The van der Waals surface area contributed by atoms with Crippen LogP contribution in [0.5, 0.6) is 0 Å². The molecule has 2 aromatic carbocycles. The molecule has 0 saturated heterocycles. The van der Waals surface area contributed by atoms with E-state index in [9.17, 15) is 0 Å². The summed E-state index contributed by atoms with van der Waals surface area (Å²) in [4.78, 5) is 8.91. The molecule has 4 heteroatoms. The van der Waals surface area contributed by atoms with Gasteiger partial charge in [-0.1, -0.05) is 48.0 Å². The molecule has 0 aliphatic carbocycles. The van der Waals surface area contributed by atoms with Crippen molar-refractivity contribution in [2.75, 3.05) is 17.2 Å². The van der Waals surface area contributed by atoms with Crippen LogP contribution in [-0.4, -0.2) is 16.5 Å². The van der Waals surface area contributed by atoms with Crippen LogP contribution in [0.25, 0.3) is 0 Å². The van der Waals surface area contributed by atoms with E-state index in [2.05, 4.69) is 77.8 Å². The Morgan fingerprint density at radius 1 is 0.920 bits per heavy atom. The highest BCUT2D eigenvalue weighted by Gasteiger charge is 2.06. The summed E-state index contributed by atoms with van der Waals surface area (Å²) in [5.41, 5.74) is 6.05. The third-order valence-corrected chi connectivity index (χ3v) is 4.13. The van der Waals surface area contributed by atoms with Crippen LogP contribution >= 0.6 is 0 Å². The minimum absolute atomic E-state index is 0.611. The van der Waals surface area contributed by atoms with Crippen molar-refractivity contribution in [2.45, 2.75) is 27.2 Å². The molecule has 0 spiro atoms. The van der Waals surface area contributed by atoms with Gasteiger partial charge in [0.25, 0.3) is 0 Å². The molecule has 0 fully saturated rings. The highest BCUT2D eigenvalue weighted by Crippen LogP contribution is 2.24. The summed E-state index contributed by atoms with van der Waals surface area (Å²) in [5, 5.41) is 6.72. The lowest BCUT2D eigenvalue weighted by Gasteiger charge is -2.13. The minimum Gasteiger partial charge on any atom is -0.370 e. The first kappa shape index (κ1) is 17.0. The van der Waals surface area contributed by atoms with E-state index < -0.39 is 0 Å². The molecule has 0 amide bonds. The molecule has 3 aromatic rings. The SMILES string of the molecule is Cc1cc(C)c(Nc2nccc(NCCc3ccccc3)n2)c(C)c1. The van der Waals surface area contributed by atoms with Crippen molar-refractivity contribution in [3.05, 3.63) is 77.0 Å². The molecule has 4 nitrogen and oxygen atoms in total. The van der Waals surface area contributed by atoms with Crippen molar-refractivity contribution in [3.63, 3.8) is 0 Å². The number of aryl methyl sites for hydroxylation is 3. The summed E-state index contributed by atoms with van der Waals surface area (Å²) in [6.45, 7) is 7.15. The van der Waals surface area contributed by atoms with Gasteiger partial charge < -0.3 is 10.6 Å². The van der Waals surface area contributed by atoms with Gasteiger partial charge in [0.2, 0.25) is 5.95 Å². The fraction of sp³-hybridized carbons (Fsp3) is 0.238. The first-order valence-corrected chi connectivity index (χ1v) is 8.57. The Kier molecular flexibility index (Phi) is 5.29. The van der Waals surface area contributed by atoms with Crippen molar-refractivity contribution < 1.29 is 0 Å². The Labute approximate surface area is 149 Å². The molecule has 3 rings (SSSR count). The van der Waals surface area contributed by atoms with Crippen LogP contribution in [0.1, 0.15) is 22.3 Å². The number of benzene rings is 2. The molecule has 0 atom stereocenters. The maximum Gasteiger partial charge on any atom is 0.229 e. The van der Waals surface area contributed by atoms with E-state index in [1.165, 1.54) is 22.3 Å². The van der Waals surface area contributed by atoms with Gasteiger partial charge in [0, 0.05) is 18.4 Å². The molecule has 2 N–H and O–H groups in total. The zero-order valence-corrected chi connectivity index (χ0v) is 15.0. The van der Waals surface area contributed by atoms with E-state index in [1.807, 2.05) is 12.1 Å². The normalized spacial score (nSPS) is 10.5. The second-order valence-corrected chi connectivity index (χ2v) is 6.33. The number of nitrogens with one attached hydrogen (secondary N) is 2. The predicted molar refractivity (Wildman–Crippen MR) is 105 cm³/mol. The van der Waals surface area contributed by atoms with E-state index in [1.54, 1.807) is 6.20 Å². The highest BCUT2D eigenvalue weighted by atomic mass is 15.1. The summed E-state index contributed by atoms with van der Waals surface area (Å²) < 4.78 is 0. The van der Waals surface area contributed by atoms with E-state index in [0.29, 0.717) is 5.95 Å². The zero-order valence-electron chi connectivity index (χ0n) is 15.0. The molecule has 0 bridgehead atoms. The summed E-state index contributed by atoms with van der Waals surface area (Å²) in [5.74, 6) is 1.44. The summed E-state index contributed by atoms with van der Waals surface area (Å²) in [6, 6.07) is 16.7. The van der Waals surface area contributed by atoms with Crippen LogP contribution in [0.2, 0.25) is 0 Å². The van der Waals surface area contributed by atoms with Gasteiger partial charge in [-0.2, -0.15) is 4.98 Å². The molecule has 0 radical (unpaired) electrons. The van der Waals surface area contributed by atoms with Gasteiger partial charge in [-0.3, -0.25) is 0 Å². The van der Waals surface area contributed by atoms with Crippen molar-refractivity contribution in [3.8, 4) is 0 Å². The Balaban J connectivity index is 1.65. The monoisotopic (exact) mass is 332 g/mol. The minimum atomic E-state index is 0.611. The van der Waals surface area contributed by atoms with Gasteiger partial charge >= 0.3 is 0 Å². The van der Waals surface area contributed by atoms with Crippen LogP contribution in [0, 0.1) is 20.8 Å². The average molecular weight is 332 g/mol. The molecular formula is C21H24N4. The number of aromatic nitrogens is 2. The van der Waals surface area contributed by atoms with Crippen LogP contribution in [0.15, 0.2) is 54.7 Å². The molecule has 0 saturated carbocycles. The first-order valence-electron chi connectivity index (χ1n) is 8.57. The van der Waals surface area contributed by atoms with Crippen molar-refractivity contribution in [2.24, 2.45) is 0 Å². The largest absolute Gasteiger partial charge is 0.370 e. The Hall–Kier alpha value is -2.88. The summed E-state index contributed by atoms with van der Waals surface area (Å²) in [6.07, 6.45) is 2.74. The van der Waals surface area contributed by atoms with Crippen LogP contribution in [0.4, 0.5) is 17.5 Å². The van der Waals surface area contributed by atoms with Gasteiger partial charge in [0.1, 0.15) is 5.82 Å². The average Bonchev–Trinajstić information content (AvgIpc) is 2.59. The Morgan fingerprint density at radius 3 is 2.36 bits per heavy atom. The third kappa shape index (κ3) is 4.57. The quantitative estimate of drug-likeness (QED) is 0.681. The lowest BCUT2D eigenvalue weighted by Crippen LogP contribution is -2.08. The maximum atomic E-state index is 4.57. The van der Waals surface area contributed by atoms with Crippen LogP contribution in [-0.2, 0) is 6.42 Å². The lowest BCUT2D eigenvalue weighted by molar-refractivity contribution is 1.00. The van der Waals surface area contributed by atoms with Gasteiger partial charge in [-0.15, -0.1) is 0 Å². The van der Waals surface area contributed by atoms with Crippen LogP contribution in [0.3, 0.4) is 0 Å². The fourth-order valence-corrected chi connectivity index (χ4v) is 2.99. The Morgan fingerprint density at radius 2 is 1.64 bits per heavy atom. The van der Waals surface area contributed by atoms with E-state index in [0.717, 1.165) is 24.5 Å². The summed E-state index contributed by atoms with van der Waals surface area (Å²) >= 11 is 0. The third-order valence-electron chi connectivity index (χ3n) is 4.13. The number of rotatable bonds is 6. The molecule has 1 heterocycles.